The molecule has 3 unspecified atom stereocenters. The lowest BCUT2D eigenvalue weighted by Crippen LogP contribution is -2.41. The molecule has 4 nitrogen and oxygen atoms in total. The average molecular weight is 239 g/mol. The van der Waals surface area contributed by atoms with Crippen LogP contribution in [0.5, 0.6) is 0 Å². The van der Waals surface area contributed by atoms with Crippen molar-refractivity contribution in [2.24, 2.45) is 0 Å². The summed E-state index contributed by atoms with van der Waals surface area (Å²) >= 11 is 0. The first-order chi connectivity index (χ1) is 8.04. The fraction of sp³-hybridized carbons (Fsp3) is 0.923. The van der Waals surface area contributed by atoms with Crippen LogP contribution in [-0.2, 0) is 4.74 Å². The number of ether oxygens (including phenoxy) is 1. The van der Waals surface area contributed by atoms with Crippen molar-refractivity contribution >= 4 is 0 Å². The molecule has 0 radical (unpaired) electrons. The Hall–Kier alpha value is -0.630. The largest absolute Gasteiger partial charge is 0.377 e. The van der Waals surface area contributed by atoms with E-state index in [1.807, 2.05) is 0 Å². The highest BCUT2D eigenvalue weighted by atomic mass is 16.5. The normalized spacial score (nSPS) is 26.4. The van der Waals surface area contributed by atoms with E-state index in [9.17, 15) is 0 Å². The van der Waals surface area contributed by atoms with E-state index in [1.54, 1.807) is 0 Å². The summed E-state index contributed by atoms with van der Waals surface area (Å²) in [6.07, 6.45) is 2.29. The molecular weight excluding hydrogens is 214 g/mol. The number of likely N-dealkylation sites (N-methyl/N-ethyl adjacent to an activating group) is 1. The number of rotatable bonds is 6. The van der Waals surface area contributed by atoms with Gasteiger partial charge in [-0.05, 0) is 40.7 Å². The van der Waals surface area contributed by atoms with Gasteiger partial charge in [-0.15, -0.1) is 0 Å². The van der Waals surface area contributed by atoms with Crippen LogP contribution < -0.4 is 5.32 Å². The Morgan fingerprint density at radius 1 is 1.53 bits per heavy atom. The van der Waals surface area contributed by atoms with Gasteiger partial charge in [-0.25, -0.2) is 0 Å². The van der Waals surface area contributed by atoms with E-state index >= 15 is 0 Å². The Morgan fingerprint density at radius 3 is 2.71 bits per heavy atom. The number of hydrogen-bond donors (Lipinski definition) is 1. The Morgan fingerprint density at radius 2 is 2.24 bits per heavy atom. The van der Waals surface area contributed by atoms with Gasteiger partial charge in [0.25, 0.3) is 0 Å². The number of nitriles is 1. The minimum atomic E-state index is -0.0462. The minimum Gasteiger partial charge on any atom is -0.377 e. The lowest BCUT2D eigenvalue weighted by Gasteiger charge is -2.27. The number of nitrogens with one attached hydrogen (secondary N) is 1. The second-order valence-electron chi connectivity index (χ2n) is 5.20. The molecule has 0 aliphatic carbocycles. The summed E-state index contributed by atoms with van der Waals surface area (Å²) in [5, 5.41) is 12.3. The smallest absolute Gasteiger partial charge is 0.0967 e. The third kappa shape index (κ3) is 4.63. The van der Waals surface area contributed by atoms with E-state index in [0.29, 0.717) is 18.2 Å². The molecule has 4 heteroatoms. The predicted octanol–water partition coefficient (Wildman–Crippen LogP) is 1.38. The van der Waals surface area contributed by atoms with Gasteiger partial charge in [0.1, 0.15) is 0 Å². The minimum absolute atomic E-state index is 0.0462. The van der Waals surface area contributed by atoms with Crippen LogP contribution in [0.2, 0.25) is 0 Å². The van der Waals surface area contributed by atoms with Crippen LogP contribution in [0.15, 0.2) is 0 Å². The molecule has 0 amide bonds. The molecular formula is C13H25N3O. The summed E-state index contributed by atoms with van der Waals surface area (Å²) in [7, 11) is 2.12. The molecule has 1 N–H and O–H groups in total. The molecule has 0 spiro atoms. The van der Waals surface area contributed by atoms with E-state index in [-0.39, 0.29) is 6.04 Å². The molecule has 1 aliphatic heterocycles. The maximum Gasteiger partial charge on any atom is 0.0967 e. The first-order valence-corrected chi connectivity index (χ1v) is 6.52. The van der Waals surface area contributed by atoms with Gasteiger partial charge >= 0.3 is 0 Å². The summed E-state index contributed by atoms with van der Waals surface area (Å²) in [6, 6.07) is 3.14. The van der Waals surface area contributed by atoms with Gasteiger partial charge in [0.2, 0.25) is 0 Å². The highest BCUT2D eigenvalue weighted by molar-refractivity contribution is 4.92. The SMILES string of the molecule is CC(C)NC(C#N)CCN(C)C1CCOC1C. The number of hydrogen-bond acceptors (Lipinski definition) is 4. The van der Waals surface area contributed by atoms with Gasteiger partial charge in [-0.1, -0.05) is 0 Å². The Labute approximate surface area is 105 Å². The summed E-state index contributed by atoms with van der Waals surface area (Å²) in [5.74, 6) is 0. The Bertz CT molecular complexity index is 262. The van der Waals surface area contributed by atoms with Crippen LogP contribution in [0, 0.1) is 11.3 Å². The zero-order valence-corrected chi connectivity index (χ0v) is 11.4. The second kappa shape index (κ2) is 6.95. The molecule has 0 aromatic heterocycles. The first-order valence-electron chi connectivity index (χ1n) is 6.52. The van der Waals surface area contributed by atoms with Crippen molar-refractivity contribution < 1.29 is 4.74 Å². The van der Waals surface area contributed by atoms with Crippen molar-refractivity contribution in [3.05, 3.63) is 0 Å². The molecule has 3 atom stereocenters. The summed E-state index contributed by atoms with van der Waals surface area (Å²) < 4.78 is 5.56. The van der Waals surface area contributed by atoms with Crippen molar-refractivity contribution in [3.63, 3.8) is 0 Å². The highest BCUT2D eigenvalue weighted by Gasteiger charge is 2.27. The topological polar surface area (TPSA) is 48.3 Å². The quantitative estimate of drug-likeness (QED) is 0.760. The van der Waals surface area contributed by atoms with Crippen LogP contribution in [-0.4, -0.2) is 49.3 Å². The molecule has 98 valence electrons. The van der Waals surface area contributed by atoms with Gasteiger partial charge in [-0.3, -0.25) is 5.32 Å². The molecule has 0 aromatic carbocycles. The molecule has 0 aromatic rings. The van der Waals surface area contributed by atoms with E-state index in [2.05, 4.69) is 44.1 Å². The van der Waals surface area contributed by atoms with Gasteiger partial charge in [-0.2, -0.15) is 5.26 Å². The zero-order valence-electron chi connectivity index (χ0n) is 11.4. The van der Waals surface area contributed by atoms with Crippen LogP contribution in [0.3, 0.4) is 0 Å². The number of nitrogens with zero attached hydrogens (tertiary/aromatic N) is 2. The monoisotopic (exact) mass is 239 g/mol. The molecule has 0 saturated carbocycles. The molecule has 1 saturated heterocycles. The van der Waals surface area contributed by atoms with Crippen molar-refractivity contribution in [2.75, 3.05) is 20.2 Å². The summed E-state index contributed by atoms with van der Waals surface area (Å²) in [4.78, 5) is 2.32. The molecule has 17 heavy (non-hydrogen) atoms. The molecule has 1 fully saturated rings. The Kier molecular flexibility index (Phi) is 5.90. The summed E-state index contributed by atoms with van der Waals surface area (Å²) in [6.45, 7) is 8.07. The fourth-order valence-electron chi connectivity index (χ4n) is 2.39. The lowest BCUT2D eigenvalue weighted by molar-refractivity contribution is 0.0828. The van der Waals surface area contributed by atoms with Crippen LogP contribution in [0.1, 0.15) is 33.6 Å². The third-order valence-electron chi connectivity index (χ3n) is 3.36. The summed E-state index contributed by atoms with van der Waals surface area (Å²) in [5.41, 5.74) is 0. The van der Waals surface area contributed by atoms with Crippen molar-refractivity contribution in [1.29, 1.82) is 5.26 Å². The molecule has 1 rings (SSSR count). The zero-order chi connectivity index (χ0) is 12.8. The van der Waals surface area contributed by atoms with Crippen molar-refractivity contribution in [2.45, 2.75) is 57.8 Å². The molecule has 0 bridgehead atoms. The van der Waals surface area contributed by atoms with E-state index < -0.39 is 0 Å². The lowest BCUT2D eigenvalue weighted by atomic mass is 10.1. The van der Waals surface area contributed by atoms with Crippen LogP contribution in [0.25, 0.3) is 0 Å². The van der Waals surface area contributed by atoms with Crippen molar-refractivity contribution in [3.8, 4) is 6.07 Å². The van der Waals surface area contributed by atoms with E-state index in [4.69, 9.17) is 10.00 Å². The Balaban J connectivity index is 2.31. The van der Waals surface area contributed by atoms with Gasteiger partial charge in [0.05, 0.1) is 18.2 Å². The van der Waals surface area contributed by atoms with E-state index in [0.717, 1.165) is 26.0 Å². The highest BCUT2D eigenvalue weighted by Crippen LogP contribution is 2.18. The molecule has 1 heterocycles. The van der Waals surface area contributed by atoms with Crippen molar-refractivity contribution in [1.82, 2.24) is 10.2 Å². The second-order valence-corrected chi connectivity index (χ2v) is 5.20. The maximum absolute atomic E-state index is 9.05. The van der Waals surface area contributed by atoms with Gasteiger partial charge in [0.15, 0.2) is 0 Å². The van der Waals surface area contributed by atoms with Gasteiger partial charge < -0.3 is 9.64 Å². The first kappa shape index (κ1) is 14.4. The standard InChI is InChI=1S/C13H25N3O/c1-10(2)15-12(9-14)5-7-16(4)13-6-8-17-11(13)3/h10-13,15H,5-8H2,1-4H3. The van der Waals surface area contributed by atoms with Gasteiger partial charge in [0, 0.05) is 25.2 Å². The molecule has 1 aliphatic rings. The maximum atomic E-state index is 9.05. The predicted molar refractivity (Wildman–Crippen MR) is 68.7 cm³/mol. The third-order valence-corrected chi connectivity index (χ3v) is 3.36. The average Bonchev–Trinajstić information content (AvgIpc) is 2.69. The van der Waals surface area contributed by atoms with Crippen LogP contribution in [0.4, 0.5) is 0 Å². The fourth-order valence-corrected chi connectivity index (χ4v) is 2.39. The van der Waals surface area contributed by atoms with Crippen LogP contribution >= 0.6 is 0 Å². The van der Waals surface area contributed by atoms with E-state index in [1.165, 1.54) is 0 Å².